The van der Waals surface area contributed by atoms with Crippen LogP contribution in [0, 0.1) is 12.3 Å². The second kappa shape index (κ2) is 6.01. The Hall–Kier alpha value is -0.520. The molecule has 2 heteroatoms. The van der Waals surface area contributed by atoms with Crippen LogP contribution in [0.3, 0.4) is 0 Å². The van der Waals surface area contributed by atoms with E-state index >= 15 is 0 Å². The van der Waals surface area contributed by atoms with Gasteiger partial charge >= 0.3 is 0 Å². The third-order valence-corrected chi connectivity index (χ3v) is 2.44. The zero-order valence-corrected chi connectivity index (χ0v) is 8.84. The molecule has 0 aliphatic rings. The molecule has 2 atom stereocenters. The summed E-state index contributed by atoms with van der Waals surface area (Å²) in [6, 6.07) is 0. The minimum absolute atomic E-state index is 0.439. The molecule has 0 fully saturated rings. The summed E-state index contributed by atoms with van der Waals surface area (Å²) in [6.45, 7) is 6.49. The molecule has 0 aromatic carbocycles. The second-order valence-electron chi connectivity index (χ2n) is 3.36. The molecule has 0 bridgehead atoms. The van der Waals surface area contributed by atoms with Crippen LogP contribution in [0.1, 0.15) is 40.0 Å². The van der Waals surface area contributed by atoms with Crippen LogP contribution in [-0.4, -0.2) is 23.4 Å². The van der Waals surface area contributed by atoms with Gasteiger partial charge in [0.1, 0.15) is 0 Å². The van der Waals surface area contributed by atoms with Crippen molar-refractivity contribution in [2.75, 3.05) is 6.61 Å². The molecule has 0 amide bonds. The van der Waals surface area contributed by atoms with Gasteiger partial charge in [-0.05, 0) is 26.7 Å². The van der Waals surface area contributed by atoms with Crippen molar-refractivity contribution in [3.05, 3.63) is 0 Å². The minimum atomic E-state index is -0.464. The molecule has 0 rings (SSSR count). The summed E-state index contributed by atoms with van der Waals surface area (Å²) in [5.41, 5.74) is -0.439. The standard InChI is InChI=1S/C11H20O2/c1-5-8-9-10(12)11(4,6-2)13-7-3/h1,10,12H,6-9H2,2-4H3. The first kappa shape index (κ1) is 12.5. The number of rotatable bonds is 6. The van der Waals surface area contributed by atoms with Crippen LogP contribution in [0.25, 0.3) is 0 Å². The van der Waals surface area contributed by atoms with Gasteiger partial charge in [0.2, 0.25) is 0 Å². The topological polar surface area (TPSA) is 29.5 Å². The quantitative estimate of drug-likeness (QED) is 0.639. The minimum Gasteiger partial charge on any atom is -0.390 e. The van der Waals surface area contributed by atoms with Crippen molar-refractivity contribution in [3.63, 3.8) is 0 Å². The first-order valence-corrected chi connectivity index (χ1v) is 4.86. The summed E-state index contributed by atoms with van der Waals surface area (Å²) in [5, 5.41) is 9.81. The first-order valence-electron chi connectivity index (χ1n) is 4.86. The van der Waals surface area contributed by atoms with Gasteiger partial charge in [-0.15, -0.1) is 12.3 Å². The van der Waals surface area contributed by atoms with E-state index in [1.54, 1.807) is 0 Å². The molecule has 2 nitrogen and oxygen atoms in total. The van der Waals surface area contributed by atoms with Gasteiger partial charge in [0.05, 0.1) is 11.7 Å². The van der Waals surface area contributed by atoms with Crippen LogP contribution in [-0.2, 0) is 4.74 Å². The van der Waals surface area contributed by atoms with Crippen molar-refractivity contribution in [2.45, 2.75) is 51.7 Å². The summed E-state index contributed by atoms with van der Waals surface area (Å²) in [7, 11) is 0. The number of aliphatic hydroxyl groups is 1. The molecule has 0 aliphatic heterocycles. The summed E-state index contributed by atoms with van der Waals surface area (Å²) >= 11 is 0. The zero-order chi connectivity index (χ0) is 10.3. The van der Waals surface area contributed by atoms with Crippen LogP contribution >= 0.6 is 0 Å². The van der Waals surface area contributed by atoms with Crippen LogP contribution in [0.2, 0.25) is 0 Å². The van der Waals surface area contributed by atoms with Crippen molar-refractivity contribution >= 4 is 0 Å². The second-order valence-corrected chi connectivity index (χ2v) is 3.36. The van der Waals surface area contributed by atoms with E-state index < -0.39 is 11.7 Å². The number of aliphatic hydroxyl groups excluding tert-OH is 1. The molecular weight excluding hydrogens is 164 g/mol. The van der Waals surface area contributed by atoms with E-state index in [9.17, 15) is 5.11 Å². The van der Waals surface area contributed by atoms with E-state index in [2.05, 4.69) is 5.92 Å². The Labute approximate surface area is 81.3 Å². The van der Waals surface area contributed by atoms with Crippen molar-refractivity contribution in [1.29, 1.82) is 0 Å². The smallest absolute Gasteiger partial charge is 0.0909 e. The molecule has 0 heterocycles. The highest BCUT2D eigenvalue weighted by molar-refractivity contribution is 4.89. The lowest BCUT2D eigenvalue weighted by Gasteiger charge is -2.33. The lowest BCUT2D eigenvalue weighted by molar-refractivity contribution is -0.112. The molecule has 2 unspecified atom stereocenters. The van der Waals surface area contributed by atoms with Crippen molar-refractivity contribution in [3.8, 4) is 12.3 Å². The first-order chi connectivity index (χ1) is 6.10. The summed E-state index contributed by atoms with van der Waals surface area (Å²) in [5.74, 6) is 2.52. The van der Waals surface area contributed by atoms with Gasteiger partial charge in [0.25, 0.3) is 0 Å². The van der Waals surface area contributed by atoms with Gasteiger partial charge in [0.15, 0.2) is 0 Å². The molecular formula is C11H20O2. The Morgan fingerprint density at radius 3 is 2.54 bits per heavy atom. The average molecular weight is 184 g/mol. The molecule has 0 aromatic heterocycles. The van der Waals surface area contributed by atoms with E-state index in [0.29, 0.717) is 19.4 Å². The van der Waals surface area contributed by atoms with Crippen LogP contribution in [0.5, 0.6) is 0 Å². The third kappa shape index (κ3) is 3.80. The largest absolute Gasteiger partial charge is 0.390 e. The summed E-state index contributed by atoms with van der Waals surface area (Å²) < 4.78 is 5.52. The molecule has 0 radical (unpaired) electrons. The Kier molecular flexibility index (Phi) is 5.77. The normalized spacial score (nSPS) is 17.5. The molecule has 76 valence electrons. The zero-order valence-electron chi connectivity index (χ0n) is 8.84. The lowest BCUT2D eigenvalue weighted by Crippen LogP contribution is -2.41. The summed E-state index contributed by atoms with van der Waals surface area (Å²) in [6.07, 6.45) is 6.68. The molecule has 13 heavy (non-hydrogen) atoms. The van der Waals surface area contributed by atoms with Crippen LogP contribution in [0.15, 0.2) is 0 Å². The predicted molar refractivity (Wildman–Crippen MR) is 54.4 cm³/mol. The maximum absolute atomic E-state index is 9.81. The number of hydrogen-bond donors (Lipinski definition) is 1. The highest BCUT2D eigenvalue weighted by Gasteiger charge is 2.30. The van der Waals surface area contributed by atoms with E-state index in [1.807, 2.05) is 20.8 Å². The monoisotopic (exact) mass is 184 g/mol. The number of ether oxygens (including phenoxy) is 1. The Balaban J connectivity index is 4.12. The fourth-order valence-corrected chi connectivity index (χ4v) is 1.29. The number of hydrogen-bond acceptors (Lipinski definition) is 2. The molecule has 0 spiro atoms. The van der Waals surface area contributed by atoms with Gasteiger partial charge in [-0.3, -0.25) is 0 Å². The molecule has 0 aliphatic carbocycles. The van der Waals surface area contributed by atoms with Crippen LogP contribution in [0.4, 0.5) is 0 Å². The number of terminal acetylenes is 1. The Bertz CT molecular complexity index is 171. The Morgan fingerprint density at radius 1 is 1.54 bits per heavy atom. The predicted octanol–water partition coefficient (Wildman–Crippen LogP) is 1.97. The van der Waals surface area contributed by atoms with Gasteiger partial charge < -0.3 is 9.84 Å². The van der Waals surface area contributed by atoms with Crippen molar-refractivity contribution < 1.29 is 9.84 Å². The van der Waals surface area contributed by atoms with Crippen molar-refractivity contribution in [2.24, 2.45) is 0 Å². The maximum Gasteiger partial charge on any atom is 0.0909 e. The highest BCUT2D eigenvalue weighted by atomic mass is 16.5. The van der Waals surface area contributed by atoms with Crippen LogP contribution < -0.4 is 0 Å². The van der Waals surface area contributed by atoms with Gasteiger partial charge in [-0.1, -0.05) is 6.92 Å². The van der Waals surface area contributed by atoms with Gasteiger partial charge in [-0.25, -0.2) is 0 Å². The van der Waals surface area contributed by atoms with Gasteiger partial charge in [0, 0.05) is 13.0 Å². The van der Waals surface area contributed by atoms with Gasteiger partial charge in [-0.2, -0.15) is 0 Å². The van der Waals surface area contributed by atoms with E-state index in [0.717, 1.165) is 6.42 Å². The molecule has 0 saturated heterocycles. The maximum atomic E-state index is 9.81. The molecule has 0 aromatic rings. The summed E-state index contributed by atoms with van der Waals surface area (Å²) in [4.78, 5) is 0. The average Bonchev–Trinajstić information content (AvgIpc) is 2.14. The fourth-order valence-electron chi connectivity index (χ4n) is 1.29. The third-order valence-electron chi connectivity index (χ3n) is 2.44. The van der Waals surface area contributed by atoms with E-state index in [1.165, 1.54) is 0 Å². The fraction of sp³-hybridized carbons (Fsp3) is 0.818. The van der Waals surface area contributed by atoms with E-state index in [4.69, 9.17) is 11.2 Å². The Morgan fingerprint density at radius 2 is 2.15 bits per heavy atom. The lowest BCUT2D eigenvalue weighted by atomic mass is 9.92. The SMILES string of the molecule is C#CCCC(O)C(C)(CC)OCC. The molecule has 1 N–H and O–H groups in total. The van der Waals surface area contributed by atoms with E-state index in [-0.39, 0.29) is 0 Å². The highest BCUT2D eigenvalue weighted by Crippen LogP contribution is 2.23. The van der Waals surface area contributed by atoms with Crippen molar-refractivity contribution in [1.82, 2.24) is 0 Å². The molecule has 0 saturated carbocycles.